The summed E-state index contributed by atoms with van der Waals surface area (Å²) in [7, 11) is -2.69. The predicted molar refractivity (Wildman–Crippen MR) is 104 cm³/mol. The number of aryl methyl sites for hydroxylation is 1. The van der Waals surface area contributed by atoms with Crippen molar-refractivity contribution in [2.45, 2.75) is 19.3 Å². The van der Waals surface area contributed by atoms with Gasteiger partial charge in [-0.2, -0.15) is 0 Å². The Kier molecular flexibility index (Phi) is 7.50. The van der Waals surface area contributed by atoms with E-state index in [1.54, 1.807) is 12.1 Å². The van der Waals surface area contributed by atoms with Crippen molar-refractivity contribution in [2.75, 3.05) is 19.9 Å². The molecule has 0 spiro atoms. The second-order valence-electron chi connectivity index (χ2n) is 6.36. The summed E-state index contributed by atoms with van der Waals surface area (Å²) in [5, 5.41) is 30.0. The molecule has 5 N–H and O–H groups in total. The summed E-state index contributed by atoms with van der Waals surface area (Å²) in [6, 6.07) is 7.05. The van der Waals surface area contributed by atoms with Crippen molar-refractivity contribution >= 4 is 13.4 Å². The van der Waals surface area contributed by atoms with E-state index in [-0.39, 0.29) is 49.1 Å². The molecule has 0 heterocycles. The van der Waals surface area contributed by atoms with Gasteiger partial charge in [0, 0.05) is 18.6 Å². The van der Waals surface area contributed by atoms with Crippen LogP contribution in [0.25, 0.3) is 0 Å². The molecule has 0 atom stereocenters. The van der Waals surface area contributed by atoms with Crippen LogP contribution in [0.4, 0.5) is 0 Å². The molecule has 2 rings (SSSR count). The molecule has 0 amide bonds. The van der Waals surface area contributed by atoms with Crippen molar-refractivity contribution in [3.63, 3.8) is 0 Å². The SMILES string of the molecule is COc1ccc(CCC(=O)c2c(O)cc(OCCCP(=O)(O)O)cc2O)cc1O. The number of hydrogen-bond acceptors (Lipinski definition) is 7. The number of carbonyl (C=O) groups is 1. The predicted octanol–water partition coefficient (Wildman–Crippen LogP) is 2.57. The van der Waals surface area contributed by atoms with Crippen LogP contribution < -0.4 is 9.47 Å². The van der Waals surface area contributed by atoms with Crippen LogP contribution in [0.3, 0.4) is 0 Å². The summed E-state index contributed by atoms with van der Waals surface area (Å²) in [5.41, 5.74) is 0.436. The van der Waals surface area contributed by atoms with Crippen LogP contribution in [-0.2, 0) is 11.0 Å². The summed E-state index contributed by atoms with van der Waals surface area (Å²) in [6.45, 7) is -0.0295. The summed E-state index contributed by atoms with van der Waals surface area (Å²) in [5.74, 6) is -1.09. The van der Waals surface area contributed by atoms with Gasteiger partial charge in [-0.15, -0.1) is 0 Å². The van der Waals surface area contributed by atoms with E-state index in [4.69, 9.17) is 19.3 Å². The molecule has 0 radical (unpaired) electrons. The third-order valence-electron chi connectivity index (χ3n) is 4.10. The first kappa shape index (κ1) is 22.5. The lowest BCUT2D eigenvalue weighted by Gasteiger charge is -2.11. The van der Waals surface area contributed by atoms with Gasteiger partial charge in [-0.05, 0) is 30.5 Å². The molecule has 0 fully saturated rings. The number of phenols is 3. The topological polar surface area (TPSA) is 154 Å². The largest absolute Gasteiger partial charge is 0.507 e. The van der Waals surface area contributed by atoms with Gasteiger partial charge in [0.25, 0.3) is 0 Å². The fourth-order valence-corrected chi connectivity index (χ4v) is 3.23. The normalized spacial score (nSPS) is 11.3. The number of aromatic hydroxyl groups is 3. The maximum atomic E-state index is 12.4. The van der Waals surface area contributed by atoms with E-state index in [0.29, 0.717) is 11.3 Å². The summed E-state index contributed by atoms with van der Waals surface area (Å²) >= 11 is 0. The van der Waals surface area contributed by atoms with Crippen LogP contribution >= 0.6 is 7.60 Å². The number of rotatable bonds is 10. The minimum atomic E-state index is -4.11. The smallest absolute Gasteiger partial charge is 0.325 e. The Morgan fingerprint density at radius 3 is 2.24 bits per heavy atom. The van der Waals surface area contributed by atoms with E-state index < -0.39 is 24.9 Å². The number of benzene rings is 2. The number of hydrogen-bond donors (Lipinski definition) is 5. The molecule has 158 valence electrons. The summed E-state index contributed by atoms with van der Waals surface area (Å²) in [6.07, 6.45) is -0.00505. The lowest BCUT2D eigenvalue weighted by Crippen LogP contribution is -2.04. The van der Waals surface area contributed by atoms with E-state index in [1.165, 1.54) is 13.2 Å². The molecule has 0 aliphatic rings. The number of ether oxygens (including phenoxy) is 2. The zero-order valence-electron chi connectivity index (χ0n) is 15.7. The van der Waals surface area contributed by atoms with Crippen LogP contribution in [0, 0.1) is 0 Å². The van der Waals surface area contributed by atoms with Gasteiger partial charge < -0.3 is 34.6 Å². The van der Waals surface area contributed by atoms with Crippen molar-refractivity contribution in [1.29, 1.82) is 0 Å². The number of carbonyl (C=O) groups excluding carboxylic acids is 1. The molecule has 0 aliphatic heterocycles. The molecule has 0 bridgehead atoms. The van der Waals surface area contributed by atoms with E-state index in [2.05, 4.69) is 0 Å². The first-order valence-electron chi connectivity index (χ1n) is 8.73. The Balaban J connectivity index is 1.99. The molecule has 10 heteroatoms. The second-order valence-corrected chi connectivity index (χ2v) is 8.13. The van der Waals surface area contributed by atoms with E-state index in [0.717, 1.165) is 12.1 Å². The first-order chi connectivity index (χ1) is 13.6. The Morgan fingerprint density at radius 2 is 1.69 bits per heavy atom. The van der Waals surface area contributed by atoms with Crippen molar-refractivity contribution in [2.24, 2.45) is 0 Å². The van der Waals surface area contributed by atoms with Crippen molar-refractivity contribution in [3.05, 3.63) is 41.5 Å². The summed E-state index contributed by atoms with van der Waals surface area (Å²) < 4.78 is 21.0. The van der Waals surface area contributed by atoms with Gasteiger partial charge in [-0.25, -0.2) is 0 Å². The fraction of sp³-hybridized carbons (Fsp3) is 0.316. The average Bonchev–Trinajstić information content (AvgIpc) is 2.62. The van der Waals surface area contributed by atoms with Gasteiger partial charge in [0.05, 0.1) is 19.9 Å². The Bertz CT molecular complexity index is 897. The third-order valence-corrected chi connectivity index (χ3v) is 4.99. The molecular weight excluding hydrogens is 403 g/mol. The van der Waals surface area contributed by atoms with Gasteiger partial charge in [0.15, 0.2) is 17.3 Å². The lowest BCUT2D eigenvalue weighted by atomic mass is 10.0. The van der Waals surface area contributed by atoms with Crippen LogP contribution in [0.15, 0.2) is 30.3 Å². The number of methoxy groups -OCH3 is 1. The van der Waals surface area contributed by atoms with Gasteiger partial charge in [0.2, 0.25) is 0 Å². The van der Waals surface area contributed by atoms with Gasteiger partial charge in [-0.3, -0.25) is 9.36 Å². The highest BCUT2D eigenvalue weighted by molar-refractivity contribution is 7.51. The van der Waals surface area contributed by atoms with Crippen molar-refractivity contribution in [3.8, 4) is 28.7 Å². The van der Waals surface area contributed by atoms with E-state index in [1.807, 2.05) is 0 Å². The first-order valence-corrected chi connectivity index (χ1v) is 10.5. The van der Waals surface area contributed by atoms with Crippen LogP contribution in [0.5, 0.6) is 28.7 Å². The monoisotopic (exact) mass is 426 g/mol. The molecule has 0 saturated carbocycles. The van der Waals surface area contributed by atoms with Crippen LogP contribution in [0.1, 0.15) is 28.8 Å². The molecule has 0 aromatic heterocycles. The lowest BCUT2D eigenvalue weighted by molar-refractivity contribution is 0.0977. The molecule has 2 aromatic rings. The van der Waals surface area contributed by atoms with Crippen molar-refractivity contribution < 1.29 is 43.9 Å². The molecule has 29 heavy (non-hydrogen) atoms. The van der Waals surface area contributed by atoms with Gasteiger partial charge in [-0.1, -0.05) is 6.07 Å². The highest BCUT2D eigenvalue weighted by Gasteiger charge is 2.19. The standard InChI is InChI=1S/C19H23O9P/c1-27-18-6-4-12(9-15(18)21)3-5-14(20)19-16(22)10-13(11-17(19)23)28-7-2-8-29(24,25)26/h4,6,9-11,21-23H,2-3,5,7-8H2,1H3,(H2,24,25,26). The maximum absolute atomic E-state index is 12.4. The maximum Gasteiger partial charge on any atom is 0.325 e. The molecular formula is C19H23O9P. The molecule has 9 nitrogen and oxygen atoms in total. The summed E-state index contributed by atoms with van der Waals surface area (Å²) in [4.78, 5) is 30.0. The molecule has 0 saturated heterocycles. The number of Topliss-reactive ketones (excluding diaryl/α,β-unsaturated/α-hetero) is 1. The second kappa shape index (κ2) is 9.65. The van der Waals surface area contributed by atoms with E-state index in [9.17, 15) is 24.7 Å². The fourth-order valence-electron chi connectivity index (χ4n) is 2.69. The highest BCUT2D eigenvalue weighted by atomic mass is 31.2. The molecule has 2 aromatic carbocycles. The number of ketones is 1. The minimum Gasteiger partial charge on any atom is -0.507 e. The molecule has 0 unspecified atom stereocenters. The van der Waals surface area contributed by atoms with Gasteiger partial charge in [0.1, 0.15) is 22.8 Å². The Labute approximate surface area is 167 Å². The van der Waals surface area contributed by atoms with Crippen molar-refractivity contribution in [1.82, 2.24) is 0 Å². The average molecular weight is 426 g/mol. The number of phenolic OH excluding ortho intramolecular Hbond substituents is 3. The van der Waals surface area contributed by atoms with Crippen LogP contribution in [0.2, 0.25) is 0 Å². The van der Waals surface area contributed by atoms with Gasteiger partial charge >= 0.3 is 7.60 Å². The van der Waals surface area contributed by atoms with E-state index >= 15 is 0 Å². The Morgan fingerprint density at radius 1 is 1.03 bits per heavy atom. The molecule has 0 aliphatic carbocycles. The third kappa shape index (κ3) is 6.67. The Hall–Kier alpha value is -2.74. The highest BCUT2D eigenvalue weighted by Crippen LogP contribution is 2.36. The van der Waals surface area contributed by atoms with Crippen LogP contribution in [-0.4, -0.2) is 50.8 Å². The zero-order valence-corrected chi connectivity index (χ0v) is 16.6. The zero-order chi connectivity index (χ0) is 21.6. The minimum absolute atomic E-state index is 0.0185. The quantitative estimate of drug-likeness (QED) is 0.219.